The van der Waals surface area contributed by atoms with Crippen molar-refractivity contribution in [2.24, 2.45) is 0 Å². The van der Waals surface area contributed by atoms with Gasteiger partial charge < -0.3 is 4.42 Å². The summed E-state index contributed by atoms with van der Waals surface area (Å²) in [7, 11) is -3.51. The number of rotatable bonds is 7. The Morgan fingerprint density at radius 2 is 1.88 bits per heavy atom. The number of benzene rings is 1. The zero-order valence-corrected chi connectivity index (χ0v) is 16.7. The van der Waals surface area contributed by atoms with Crippen LogP contribution in [0.25, 0.3) is 0 Å². The molecule has 1 fully saturated rings. The molecule has 1 unspecified atom stereocenters. The highest BCUT2D eigenvalue weighted by molar-refractivity contribution is 7.88. The van der Waals surface area contributed by atoms with E-state index >= 15 is 0 Å². The Balaban J connectivity index is 1.67. The van der Waals surface area contributed by atoms with Crippen LogP contribution in [0.3, 0.4) is 0 Å². The minimum Gasteiger partial charge on any atom is -0.468 e. The number of halogens is 2. The maximum absolute atomic E-state index is 12.5. The highest BCUT2D eigenvalue weighted by Gasteiger charge is 2.26. The zero-order chi connectivity index (χ0) is 18.6. The molecule has 1 saturated heterocycles. The fraction of sp³-hybridized carbons (Fsp3) is 0.444. The van der Waals surface area contributed by atoms with Crippen molar-refractivity contribution in [3.8, 4) is 0 Å². The Labute approximate surface area is 164 Å². The summed E-state index contributed by atoms with van der Waals surface area (Å²) < 4.78 is 33.3. The number of hydrogen-bond donors (Lipinski definition) is 1. The predicted molar refractivity (Wildman–Crippen MR) is 104 cm³/mol. The lowest BCUT2D eigenvalue weighted by atomic mass is 10.1. The summed E-state index contributed by atoms with van der Waals surface area (Å²) in [6.45, 7) is 2.16. The Hall–Kier alpha value is -1.05. The highest BCUT2D eigenvalue weighted by atomic mass is 35.5. The van der Waals surface area contributed by atoms with E-state index in [1.54, 1.807) is 24.5 Å². The quantitative estimate of drug-likeness (QED) is 0.732. The number of nitrogens with zero attached hydrogens (tertiary/aromatic N) is 1. The van der Waals surface area contributed by atoms with Gasteiger partial charge in [-0.05, 0) is 55.8 Å². The number of piperidine rings is 1. The maximum atomic E-state index is 12.5. The molecule has 5 nitrogen and oxygen atoms in total. The zero-order valence-electron chi connectivity index (χ0n) is 14.3. The third kappa shape index (κ3) is 5.24. The van der Waals surface area contributed by atoms with Gasteiger partial charge in [-0.15, -0.1) is 0 Å². The van der Waals surface area contributed by atoms with E-state index in [1.165, 1.54) is 6.42 Å². The van der Waals surface area contributed by atoms with Crippen molar-refractivity contribution in [2.75, 3.05) is 19.6 Å². The van der Waals surface area contributed by atoms with E-state index in [4.69, 9.17) is 27.6 Å². The summed E-state index contributed by atoms with van der Waals surface area (Å²) in [4.78, 5) is 2.28. The molecule has 1 aromatic heterocycles. The fourth-order valence-electron chi connectivity index (χ4n) is 3.23. The molecule has 3 rings (SSSR count). The van der Waals surface area contributed by atoms with Crippen LogP contribution < -0.4 is 4.72 Å². The van der Waals surface area contributed by atoms with E-state index in [0.29, 0.717) is 15.6 Å². The third-order valence-corrected chi connectivity index (χ3v) is 6.60. The monoisotopic (exact) mass is 416 g/mol. The molecule has 0 aliphatic carbocycles. The molecule has 0 spiro atoms. The van der Waals surface area contributed by atoms with Crippen LogP contribution >= 0.6 is 23.2 Å². The molecule has 26 heavy (non-hydrogen) atoms. The Morgan fingerprint density at radius 1 is 1.12 bits per heavy atom. The lowest BCUT2D eigenvalue weighted by molar-refractivity contribution is 0.147. The van der Waals surface area contributed by atoms with Gasteiger partial charge in [0, 0.05) is 6.54 Å². The van der Waals surface area contributed by atoms with Gasteiger partial charge in [0.15, 0.2) is 0 Å². The van der Waals surface area contributed by atoms with Crippen molar-refractivity contribution in [1.29, 1.82) is 0 Å². The molecule has 2 heterocycles. The first-order valence-corrected chi connectivity index (χ1v) is 11.0. The summed E-state index contributed by atoms with van der Waals surface area (Å²) in [5, 5.41) is 0.755. The second-order valence-electron chi connectivity index (χ2n) is 6.48. The Bertz CT molecular complexity index is 819. The van der Waals surface area contributed by atoms with Gasteiger partial charge in [0.2, 0.25) is 10.0 Å². The molecule has 8 heteroatoms. The van der Waals surface area contributed by atoms with Crippen LogP contribution in [0.5, 0.6) is 0 Å². The van der Waals surface area contributed by atoms with E-state index in [1.807, 2.05) is 12.1 Å². The first-order chi connectivity index (χ1) is 12.4. The Kier molecular flexibility index (Phi) is 6.64. The Morgan fingerprint density at radius 3 is 2.54 bits per heavy atom. The smallest absolute Gasteiger partial charge is 0.215 e. The molecule has 142 valence electrons. The van der Waals surface area contributed by atoms with Gasteiger partial charge in [-0.3, -0.25) is 4.90 Å². The molecule has 0 bridgehead atoms. The van der Waals surface area contributed by atoms with Crippen molar-refractivity contribution >= 4 is 33.2 Å². The summed E-state index contributed by atoms with van der Waals surface area (Å²) in [6, 6.07) is 8.48. The predicted octanol–water partition coefficient (Wildman–Crippen LogP) is 4.23. The molecule has 1 N–H and O–H groups in total. The lowest BCUT2D eigenvalue weighted by Crippen LogP contribution is -2.40. The van der Waals surface area contributed by atoms with E-state index in [2.05, 4.69) is 9.62 Å². The van der Waals surface area contributed by atoms with Gasteiger partial charge in [-0.1, -0.05) is 35.7 Å². The van der Waals surface area contributed by atoms with E-state index in [0.717, 1.165) is 31.7 Å². The van der Waals surface area contributed by atoms with Crippen molar-refractivity contribution in [3.63, 3.8) is 0 Å². The SMILES string of the molecule is O=S(=O)(Cc1ccc(Cl)c(Cl)c1)NCC(c1ccco1)N1CCCCC1. The average Bonchev–Trinajstić information content (AvgIpc) is 3.13. The standard InChI is InChI=1S/C18H22Cl2N2O3S/c19-15-7-6-14(11-16(15)20)13-26(23,24)21-12-17(18-5-4-10-25-18)22-8-2-1-3-9-22/h4-7,10-11,17,21H,1-3,8-9,12-13H2. The van der Waals surface area contributed by atoms with Crippen LogP contribution in [-0.4, -0.2) is 33.0 Å². The van der Waals surface area contributed by atoms with E-state index < -0.39 is 10.0 Å². The number of sulfonamides is 1. The molecular weight excluding hydrogens is 395 g/mol. The number of furan rings is 1. The number of nitrogens with one attached hydrogen (secondary N) is 1. The molecule has 1 aliphatic rings. The van der Waals surface area contributed by atoms with Crippen molar-refractivity contribution < 1.29 is 12.8 Å². The van der Waals surface area contributed by atoms with E-state index in [9.17, 15) is 8.42 Å². The number of likely N-dealkylation sites (tertiary alicyclic amines) is 1. The average molecular weight is 417 g/mol. The van der Waals surface area contributed by atoms with Crippen molar-refractivity contribution in [3.05, 3.63) is 58.0 Å². The molecule has 0 amide bonds. The molecule has 2 aromatic rings. The van der Waals surface area contributed by atoms with Gasteiger partial charge >= 0.3 is 0 Å². The molecule has 1 aliphatic heterocycles. The summed E-state index contributed by atoms with van der Waals surface area (Å²) >= 11 is 11.9. The van der Waals surface area contributed by atoms with Crippen molar-refractivity contribution in [2.45, 2.75) is 31.1 Å². The van der Waals surface area contributed by atoms with Gasteiger partial charge in [0.25, 0.3) is 0 Å². The maximum Gasteiger partial charge on any atom is 0.215 e. The third-order valence-electron chi connectivity index (χ3n) is 4.54. The van der Waals surface area contributed by atoms with Gasteiger partial charge in [0.1, 0.15) is 5.76 Å². The summed E-state index contributed by atoms with van der Waals surface area (Å²) in [5.74, 6) is 0.638. The largest absolute Gasteiger partial charge is 0.468 e. The van der Waals surface area contributed by atoms with Crippen LogP contribution in [0.4, 0.5) is 0 Å². The molecule has 0 saturated carbocycles. The van der Waals surface area contributed by atoms with Crippen LogP contribution in [0, 0.1) is 0 Å². The van der Waals surface area contributed by atoms with Crippen LogP contribution in [0.1, 0.15) is 36.6 Å². The minimum absolute atomic E-state index is 0.103. The first-order valence-electron chi connectivity index (χ1n) is 8.63. The molecule has 1 aromatic carbocycles. The van der Waals surface area contributed by atoms with Gasteiger partial charge in [0.05, 0.1) is 28.1 Å². The second-order valence-corrected chi connectivity index (χ2v) is 9.11. The molecule has 0 radical (unpaired) electrons. The fourth-order valence-corrected chi connectivity index (χ4v) is 4.68. The topological polar surface area (TPSA) is 62.6 Å². The van der Waals surface area contributed by atoms with Crippen LogP contribution in [-0.2, 0) is 15.8 Å². The summed E-state index contributed by atoms with van der Waals surface area (Å²) in [5.41, 5.74) is 0.597. The van der Waals surface area contributed by atoms with Crippen molar-refractivity contribution in [1.82, 2.24) is 9.62 Å². The lowest BCUT2D eigenvalue weighted by Gasteiger charge is -2.33. The molecular formula is C18H22Cl2N2O3S. The number of hydrogen-bond acceptors (Lipinski definition) is 4. The van der Waals surface area contributed by atoms with E-state index in [-0.39, 0.29) is 18.3 Å². The van der Waals surface area contributed by atoms with Crippen LogP contribution in [0.15, 0.2) is 41.0 Å². The normalized spacial score (nSPS) is 17.3. The molecule has 1 atom stereocenters. The minimum atomic E-state index is -3.51. The highest BCUT2D eigenvalue weighted by Crippen LogP contribution is 2.26. The second kappa shape index (κ2) is 8.76. The first kappa shape index (κ1) is 19.7. The summed E-state index contributed by atoms with van der Waals surface area (Å²) in [6.07, 6.45) is 5.07. The van der Waals surface area contributed by atoms with Crippen LogP contribution in [0.2, 0.25) is 10.0 Å². The van der Waals surface area contributed by atoms with Gasteiger partial charge in [-0.25, -0.2) is 13.1 Å². The van der Waals surface area contributed by atoms with Gasteiger partial charge in [-0.2, -0.15) is 0 Å².